The minimum absolute atomic E-state index is 0.0135. The van der Waals surface area contributed by atoms with Crippen LogP contribution >= 0.6 is 15.9 Å². The van der Waals surface area contributed by atoms with Gasteiger partial charge in [0.15, 0.2) is 5.78 Å². The standard InChI is InChI=1S/C24H18BrN3O3/c1-15-5-6-21-19(11-15)24(31)20(23(30)16-7-9-26-10-8-16)13-28(21)14-22(29)27-18-4-2-3-17(25)12-18/h2-13H,14H2,1H3,(H,27,29). The third-order valence-corrected chi connectivity index (χ3v) is 5.34. The highest BCUT2D eigenvalue weighted by molar-refractivity contribution is 9.10. The number of amides is 1. The number of aryl methyl sites for hydroxylation is 1. The van der Waals surface area contributed by atoms with Crippen LogP contribution in [0.25, 0.3) is 10.9 Å². The van der Waals surface area contributed by atoms with Crippen LogP contribution in [0.4, 0.5) is 5.69 Å². The van der Waals surface area contributed by atoms with Crippen LogP contribution in [0, 0.1) is 6.92 Å². The molecular formula is C24H18BrN3O3. The number of nitrogens with zero attached hydrogens (tertiary/aromatic N) is 2. The van der Waals surface area contributed by atoms with Gasteiger partial charge in [-0.3, -0.25) is 19.4 Å². The summed E-state index contributed by atoms with van der Waals surface area (Å²) < 4.78 is 2.48. The lowest BCUT2D eigenvalue weighted by Gasteiger charge is -2.14. The fourth-order valence-electron chi connectivity index (χ4n) is 3.38. The van der Waals surface area contributed by atoms with E-state index in [0.29, 0.717) is 22.2 Å². The third kappa shape index (κ3) is 4.46. The van der Waals surface area contributed by atoms with Gasteiger partial charge in [-0.25, -0.2) is 0 Å². The maximum Gasteiger partial charge on any atom is 0.244 e. The molecule has 2 heterocycles. The summed E-state index contributed by atoms with van der Waals surface area (Å²) in [5.74, 6) is -0.678. The normalized spacial score (nSPS) is 10.8. The molecule has 1 amide bonds. The zero-order chi connectivity index (χ0) is 22.0. The fourth-order valence-corrected chi connectivity index (χ4v) is 3.78. The maximum absolute atomic E-state index is 13.1. The number of aromatic nitrogens is 2. The second-order valence-electron chi connectivity index (χ2n) is 7.14. The molecular weight excluding hydrogens is 458 g/mol. The van der Waals surface area contributed by atoms with Crippen molar-refractivity contribution in [2.45, 2.75) is 13.5 Å². The van der Waals surface area contributed by atoms with Crippen molar-refractivity contribution in [3.63, 3.8) is 0 Å². The number of halogens is 1. The Morgan fingerprint density at radius 3 is 2.58 bits per heavy atom. The summed E-state index contributed by atoms with van der Waals surface area (Å²) in [7, 11) is 0. The van der Waals surface area contributed by atoms with Crippen molar-refractivity contribution in [1.29, 1.82) is 0 Å². The van der Waals surface area contributed by atoms with Crippen molar-refractivity contribution in [2.24, 2.45) is 0 Å². The molecule has 0 aliphatic rings. The lowest BCUT2D eigenvalue weighted by molar-refractivity contribution is -0.116. The number of hydrogen-bond acceptors (Lipinski definition) is 4. The van der Waals surface area contributed by atoms with Gasteiger partial charge in [0, 0.05) is 39.7 Å². The van der Waals surface area contributed by atoms with Gasteiger partial charge >= 0.3 is 0 Å². The average molecular weight is 476 g/mol. The molecule has 0 spiro atoms. The van der Waals surface area contributed by atoms with E-state index < -0.39 is 5.78 Å². The smallest absolute Gasteiger partial charge is 0.244 e. The molecule has 6 nitrogen and oxygen atoms in total. The van der Waals surface area contributed by atoms with Gasteiger partial charge in [-0.2, -0.15) is 0 Å². The van der Waals surface area contributed by atoms with Crippen LogP contribution in [-0.4, -0.2) is 21.2 Å². The number of ketones is 1. The number of anilines is 1. The highest BCUT2D eigenvalue weighted by Gasteiger charge is 2.18. The molecule has 2 aromatic carbocycles. The third-order valence-electron chi connectivity index (χ3n) is 4.85. The lowest BCUT2D eigenvalue weighted by Crippen LogP contribution is -2.24. The molecule has 4 aromatic rings. The zero-order valence-corrected chi connectivity index (χ0v) is 18.2. The van der Waals surface area contributed by atoms with E-state index in [2.05, 4.69) is 26.2 Å². The molecule has 0 atom stereocenters. The Hall–Kier alpha value is -3.58. The number of carbonyl (C=O) groups excluding carboxylic acids is 2. The minimum Gasteiger partial charge on any atom is -0.337 e. The summed E-state index contributed by atoms with van der Waals surface area (Å²) >= 11 is 3.38. The van der Waals surface area contributed by atoms with Crippen LogP contribution in [-0.2, 0) is 11.3 Å². The van der Waals surface area contributed by atoms with Crippen molar-refractivity contribution in [2.75, 3.05) is 5.32 Å². The Morgan fingerprint density at radius 2 is 1.84 bits per heavy atom. The predicted molar refractivity (Wildman–Crippen MR) is 123 cm³/mol. The molecule has 0 fully saturated rings. The topological polar surface area (TPSA) is 81.1 Å². The first-order chi connectivity index (χ1) is 14.9. The van der Waals surface area contributed by atoms with Gasteiger partial charge in [0.05, 0.1) is 11.1 Å². The molecule has 0 bridgehead atoms. The van der Waals surface area contributed by atoms with Crippen molar-refractivity contribution >= 4 is 44.2 Å². The minimum atomic E-state index is -0.406. The Balaban J connectivity index is 1.77. The quantitative estimate of drug-likeness (QED) is 0.435. The predicted octanol–water partition coefficient (Wildman–Crippen LogP) is 4.34. The Kier molecular flexibility index (Phi) is 5.77. The molecule has 7 heteroatoms. The summed E-state index contributed by atoms with van der Waals surface area (Å²) in [4.78, 5) is 42.8. The molecule has 154 valence electrons. The molecule has 1 N–H and O–H groups in total. The van der Waals surface area contributed by atoms with Gasteiger partial charge in [-0.05, 0) is 49.4 Å². The number of rotatable bonds is 5. The number of pyridine rings is 2. The highest BCUT2D eigenvalue weighted by atomic mass is 79.9. The molecule has 0 radical (unpaired) electrons. The van der Waals surface area contributed by atoms with Crippen molar-refractivity contribution in [1.82, 2.24) is 9.55 Å². The number of benzene rings is 2. The summed E-state index contributed by atoms with van der Waals surface area (Å²) in [5, 5.41) is 3.24. The first-order valence-corrected chi connectivity index (χ1v) is 10.4. The van der Waals surface area contributed by atoms with E-state index in [1.54, 1.807) is 41.0 Å². The molecule has 0 aliphatic heterocycles. The van der Waals surface area contributed by atoms with E-state index in [1.807, 2.05) is 25.1 Å². The highest BCUT2D eigenvalue weighted by Crippen LogP contribution is 2.18. The molecule has 0 saturated carbocycles. The summed E-state index contributed by atoms with van der Waals surface area (Å²) in [6.07, 6.45) is 4.47. The van der Waals surface area contributed by atoms with Gasteiger partial charge < -0.3 is 9.88 Å². The summed E-state index contributed by atoms with van der Waals surface area (Å²) in [5.41, 5.74) is 2.15. The van der Waals surface area contributed by atoms with Crippen LogP contribution < -0.4 is 10.7 Å². The Labute approximate surface area is 186 Å². The van der Waals surface area contributed by atoms with Crippen LogP contribution in [0.3, 0.4) is 0 Å². The van der Waals surface area contributed by atoms with Gasteiger partial charge in [-0.1, -0.05) is 33.6 Å². The van der Waals surface area contributed by atoms with E-state index in [1.165, 1.54) is 18.6 Å². The van der Waals surface area contributed by atoms with E-state index in [0.717, 1.165) is 10.0 Å². The number of fused-ring (bicyclic) bond motifs is 1. The Bertz CT molecular complexity index is 1360. The van der Waals surface area contributed by atoms with Gasteiger partial charge in [0.25, 0.3) is 0 Å². The second kappa shape index (κ2) is 8.65. The molecule has 2 aromatic heterocycles. The zero-order valence-electron chi connectivity index (χ0n) is 16.6. The number of carbonyl (C=O) groups is 2. The van der Waals surface area contributed by atoms with Gasteiger partial charge in [0.1, 0.15) is 6.54 Å². The fraction of sp³-hybridized carbons (Fsp3) is 0.0833. The first-order valence-electron chi connectivity index (χ1n) is 9.56. The molecule has 0 unspecified atom stereocenters. The van der Waals surface area contributed by atoms with Gasteiger partial charge in [0.2, 0.25) is 11.3 Å². The SMILES string of the molecule is Cc1ccc2c(c1)c(=O)c(C(=O)c1ccncc1)cn2CC(=O)Nc1cccc(Br)c1. The van der Waals surface area contributed by atoms with Crippen LogP contribution in [0.1, 0.15) is 21.5 Å². The Morgan fingerprint density at radius 1 is 1.06 bits per heavy atom. The maximum atomic E-state index is 13.1. The second-order valence-corrected chi connectivity index (χ2v) is 8.06. The number of hydrogen-bond donors (Lipinski definition) is 1. The van der Waals surface area contributed by atoms with Crippen LogP contribution in [0.15, 0.2) is 82.5 Å². The molecule has 0 aliphatic carbocycles. The number of nitrogens with one attached hydrogen (secondary N) is 1. The monoisotopic (exact) mass is 475 g/mol. The van der Waals surface area contributed by atoms with Crippen LogP contribution in [0.2, 0.25) is 0 Å². The largest absolute Gasteiger partial charge is 0.337 e. The molecule has 4 rings (SSSR count). The first kappa shape index (κ1) is 20.7. The van der Waals surface area contributed by atoms with E-state index in [4.69, 9.17) is 0 Å². The van der Waals surface area contributed by atoms with E-state index in [-0.39, 0.29) is 23.4 Å². The summed E-state index contributed by atoms with van der Waals surface area (Å²) in [6.45, 7) is 1.82. The van der Waals surface area contributed by atoms with Crippen molar-refractivity contribution in [3.8, 4) is 0 Å². The lowest BCUT2D eigenvalue weighted by atomic mass is 10.0. The average Bonchev–Trinajstić information content (AvgIpc) is 2.76. The van der Waals surface area contributed by atoms with E-state index in [9.17, 15) is 14.4 Å². The van der Waals surface area contributed by atoms with E-state index >= 15 is 0 Å². The van der Waals surface area contributed by atoms with Crippen molar-refractivity contribution < 1.29 is 9.59 Å². The van der Waals surface area contributed by atoms with Gasteiger partial charge in [-0.15, -0.1) is 0 Å². The van der Waals surface area contributed by atoms with Crippen LogP contribution in [0.5, 0.6) is 0 Å². The molecule has 0 saturated heterocycles. The summed E-state index contributed by atoms with van der Waals surface area (Å²) in [6, 6.07) is 15.8. The van der Waals surface area contributed by atoms with Crippen molar-refractivity contribution in [3.05, 3.63) is 105 Å². The molecule has 31 heavy (non-hydrogen) atoms.